The minimum absolute atomic E-state index is 0.0000329. The molecule has 0 atom stereocenters. The number of nitrogens with zero attached hydrogens (tertiary/aromatic N) is 3. The number of carbonyl (C=O) groups excluding carboxylic acids is 2. The van der Waals surface area contributed by atoms with Gasteiger partial charge in [-0.25, -0.2) is 13.8 Å². The summed E-state index contributed by atoms with van der Waals surface area (Å²) >= 11 is 0. The lowest BCUT2D eigenvalue weighted by atomic mass is 9.84. The topological polar surface area (TPSA) is 98.1 Å². The fourth-order valence-corrected chi connectivity index (χ4v) is 6.86. The summed E-state index contributed by atoms with van der Waals surface area (Å²) in [5.74, 6) is -4.28. The number of benzene rings is 1. The molecule has 2 heterocycles. The Kier molecular flexibility index (Phi) is 11.0. The van der Waals surface area contributed by atoms with E-state index in [2.05, 4.69) is 20.6 Å². The number of hydrogen-bond acceptors (Lipinski definition) is 5. The van der Waals surface area contributed by atoms with Crippen molar-refractivity contribution in [1.29, 1.82) is 0 Å². The number of fused-ring (bicyclic) bond motifs is 1. The molecule has 2 saturated carbocycles. The predicted octanol–water partition coefficient (Wildman–Crippen LogP) is 7.81. The minimum Gasteiger partial charge on any atom is -0.471 e. The zero-order valence-electron chi connectivity index (χ0n) is 27.5. The molecule has 0 spiro atoms. The smallest absolute Gasteiger partial charge is 0.416 e. The van der Waals surface area contributed by atoms with Crippen molar-refractivity contribution in [1.82, 2.24) is 25.2 Å². The number of amides is 2. The first kappa shape index (κ1) is 39.0. The Morgan fingerprint density at radius 1 is 0.962 bits per heavy atom. The normalized spacial score (nSPS) is 19.6. The maximum atomic E-state index is 14.1. The quantitative estimate of drug-likeness (QED) is 0.206. The number of imidazole rings is 1. The molecule has 1 aromatic carbocycles. The van der Waals surface area contributed by atoms with Gasteiger partial charge in [-0.15, -0.1) is 0 Å². The van der Waals surface area contributed by atoms with E-state index in [1.807, 2.05) is 0 Å². The molecule has 8 nitrogen and oxygen atoms in total. The number of alkyl halides is 11. The van der Waals surface area contributed by atoms with Crippen molar-refractivity contribution in [2.75, 3.05) is 6.61 Å². The van der Waals surface area contributed by atoms with E-state index in [-0.39, 0.29) is 72.2 Å². The van der Waals surface area contributed by atoms with Crippen LogP contribution in [0.2, 0.25) is 0 Å². The fraction of sp³-hybridized carbons (Fsp3) is 0.576. The Balaban J connectivity index is 1.41. The molecule has 0 aliphatic heterocycles. The largest absolute Gasteiger partial charge is 0.471 e. The van der Waals surface area contributed by atoms with Gasteiger partial charge >= 0.3 is 18.5 Å². The van der Waals surface area contributed by atoms with Gasteiger partial charge in [0.2, 0.25) is 11.8 Å². The maximum absolute atomic E-state index is 14.1. The second-order valence-corrected chi connectivity index (χ2v) is 13.2. The van der Waals surface area contributed by atoms with Crippen molar-refractivity contribution in [3.8, 4) is 5.88 Å². The van der Waals surface area contributed by atoms with Crippen LogP contribution in [0.5, 0.6) is 5.88 Å². The van der Waals surface area contributed by atoms with Crippen LogP contribution >= 0.6 is 0 Å². The van der Waals surface area contributed by atoms with Crippen LogP contribution in [0, 0.1) is 11.3 Å². The van der Waals surface area contributed by atoms with Crippen molar-refractivity contribution in [3.05, 3.63) is 52.3 Å². The molecular formula is C33H34F11N5O3. The molecule has 3 aromatic rings. The number of carbonyl (C=O) groups is 2. The van der Waals surface area contributed by atoms with E-state index < -0.39 is 98.0 Å². The monoisotopic (exact) mass is 757 g/mol. The van der Waals surface area contributed by atoms with E-state index in [9.17, 15) is 57.9 Å². The van der Waals surface area contributed by atoms with Gasteiger partial charge in [0.1, 0.15) is 22.3 Å². The zero-order chi connectivity index (χ0) is 38.2. The second kappa shape index (κ2) is 14.7. The number of hydrogen-bond donors (Lipinski definition) is 2. The van der Waals surface area contributed by atoms with Crippen LogP contribution in [-0.4, -0.2) is 57.8 Å². The number of ether oxygens (including phenoxy) is 1. The Bertz CT molecular complexity index is 1770. The summed E-state index contributed by atoms with van der Waals surface area (Å²) in [6.45, 7) is -1.67. The summed E-state index contributed by atoms with van der Waals surface area (Å²) in [5.41, 5.74) is -4.43. The average molecular weight is 758 g/mol. The van der Waals surface area contributed by atoms with Crippen LogP contribution in [0.15, 0.2) is 24.3 Å². The summed E-state index contributed by atoms with van der Waals surface area (Å²) in [7, 11) is 1.36. The lowest BCUT2D eigenvalue weighted by molar-refractivity contribution is -0.220. The zero-order valence-corrected chi connectivity index (χ0v) is 27.5. The molecule has 2 aromatic heterocycles. The summed E-state index contributed by atoms with van der Waals surface area (Å²) in [5, 5.41) is 4.80. The van der Waals surface area contributed by atoms with Crippen LogP contribution in [0.3, 0.4) is 0 Å². The molecule has 2 N–H and O–H groups in total. The Morgan fingerprint density at radius 3 is 2.19 bits per heavy atom. The third kappa shape index (κ3) is 8.37. The van der Waals surface area contributed by atoms with E-state index in [1.165, 1.54) is 11.6 Å². The minimum atomic E-state index is -4.87. The van der Waals surface area contributed by atoms with Gasteiger partial charge in [-0.2, -0.15) is 44.5 Å². The second-order valence-electron chi connectivity index (χ2n) is 13.2. The summed E-state index contributed by atoms with van der Waals surface area (Å²) in [6, 6.07) is 3.30. The molecule has 2 amide bonds. The van der Waals surface area contributed by atoms with Gasteiger partial charge in [-0.05, 0) is 61.8 Å². The van der Waals surface area contributed by atoms with E-state index >= 15 is 0 Å². The van der Waals surface area contributed by atoms with E-state index in [0.29, 0.717) is 0 Å². The van der Waals surface area contributed by atoms with Crippen LogP contribution < -0.4 is 15.4 Å². The molecule has 286 valence electrons. The SMILES string of the molecule is Cn1c(Cc2cc(CNC(=O)C3(C(F)(F)F)CCCC3)ccc2C(F)(F)F)nc2cc(C(=O)NC3CCC(C(F)(F)F)CC3)c(OCC(F)F)nc21. The number of aryl methyl sites for hydroxylation is 1. The third-order valence-electron chi connectivity index (χ3n) is 9.73. The van der Waals surface area contributed by atoms with Crippen LogP contribution in [0.1, 0.15) is 84.2 Å². The molecule has 5 rings (SSSR count). The van der Waals surface area contributed by atoms with Crippen LogP contribution in [-0.2, 0) is 31.0 Å². The molecule has 0 radical (unpaired) electrons. The first-order valence-electron chi connectivity index (χ1n) is 16.4. The molecule has 0 bridgehead atoms. The molecule has 2 fully saturated rings. The molecule has 19 heteroatoms. The summed E-state index contributed by atoms with van der Waals surface area (Å²) < 4.78 is 156. The van der Waals surface area contributed by atoms with Crippen molar-refractivity contribution < 1.29 is 62.6 Å². The summed E-state index contributed by atoms with van der Waals surface area (Å²) in [6.07, 6.45) is -18.4. The van der Waals surface area contributed by atoms with Gasteiger partial charge in [-0.3, -0.25) is 9.59 Å². The molecule has 0 saturated heterocycles. The highest BCUT2D eigenvalue weighted by Gasteiger charge is 2.60. The van der Waals surface area contributed by atoms with Crippen molar-refractivity contribution in [3.63, 3.8) is 0 Å². The fourth-order valence-electron chi connectivity index (χ4n) is 6.86. The predicted molar refractivity (Wildman–Crippen MR) is 162 cm³/mol. The standard InChI is InChI=1S/C33H34F11N5O3/c1-49-25(13-18-12-17(4-9-22(18)32(39,40)41)15-45-29(51)30(33(42,43)44)10-2-3-11-30)47-23-14-21(28(48-26(23)49)52-16-24(34)35)27(50)46-20-7-5-19(6-8-20)31(36,37)38/h4,9,12,14,19-20,24H,2-3,5-8,10-11,13,15-16H2,1H3,(H,45,51)(H,46,50). The van der Waals surface area contributed by atoms with E-state index in [4.69, 9.17) is 4.74 Å². The maximum Gasteiger partial charge on any atom is 0.416 e. The molecule has 52 heavy (non-hydrogen) atoms. The lowest BCUT2D eigenvalue weighted by Crippen LogP contribution is -2.48. The van der Waals surface area contributed by atoms with Gasteiger partial charge in [-0.1, -0.05) is 25.0 Å². The average Bonchev–Trinajstić information content (AvgIpc) is 3.67. The third-order valence-corrected chi connectivity index (χ3v) is 9.73. The van der Waals surface area contributed by atoms with Gasteiger partial charge in [0.25, 0.3) is 12.3 Å². The van der Waals surface area contributed by atoms with Crippen LogP contribution in [0.25, 0.3) is 11.2 Å². The highest BCUT2D eigenvalue weighted by molar-refractivity contribution is 5.99. The first-order valence-corrected chi connectivity index (χ1v) is 16.4. The van der Waals surface area contributed by atoms with Gasteiger partial charge in [0, 0.05) is 26.1 Å². The molecule has 0 unspecified atom stereocenters. The van der Waals surface area contributed by atoms with E-state index in [0.717, 1.165) is 24.3 Å². The number of rotatable bonds is 10. The molecular weight excluding hydrogens is 723 g/mol. The van der Waals surface area contributed by atoms with Crippen molar-refractivity contribution >= 4 is 23.0 Å². The molecule has 2 aliphatic rings. The molecule has 2 aliphatic carbocycles. The van der Waals surface area contributed by atoms with Crippen LogP contribution in [0.4, 0.5) is 48.3 Å². The Hall–Kier alpha value is -4.19. The first-order chi connectivity index (χ1) is 24.2. The van der Waals surface area contributed by atoms with Crippen molar-refractivity contribution in [2.24, 2.45) is 18.4 Å². The number of halogens is 11. The van der Waals surface area contributed by atoms with Crippen molar-refractivity contribution in [2.45, 2.75) is 95.3 Å². The van der Waals surface area contributed by atoms with Gasteiger partial charge < -0.3 is 19.9 Å². The highest BCUT2D eigenvalue weighted by Crippen LogP contribution is 2.50. The number of aromatic nitrogens is 3. The number of nitrogens with one attached hydrogen (secondary N) is 2. The van der Waals surface area contributed by atoms with E-state index in [1.54, 1.807) is 0 Å². The van der Waals surface area contributed by atoms with Gasteiger partial charge in [0.15, 0.2) is 12.3 Å². The Labute approximate surface area is 289 Å². The number of pyridine rings is 1. The summed E-state index contributed by atoms with van der Waals surface area (Å²) in [4.78, 5) is 34.4. The van der Waals surface area contributed by atoms with Gasteiger partial charge in [0.05, 0.1) is 11.5 Å². The Morgan fingerprint density at radius 2 is 1.62 bits per heavy atom. The lowest BCUT2D eigenvalue weighted by Gasteiger charge is -2.30. The highest BCUT2D eigenvalue weighted by atomic mass is 19.4.